The third-order valence-electron chi connectivity index (χ3n) is 0.856. The zero-order valence-corrected chi connectivity index (χ0v) is 7.39. The average molecular weight is 146 g/mol. The molecule has 0 atom stereocenters. The Balaban J connectivity index is 0. The summed E-state index contributed by atoms with van der Waals surface area (Å²) in [6, 6.07) is 0. The topological polar surface area (TPSA) is 26.3 Å². The normalized spacial score (nSPS) is 8.50. The second-order valence-electron chi connectivity index (χ2n) is 2.37. The van der Waals surface area contributed by atoms with E-state index in [0.717, 1.165) is 12.9 Å². The van der Waals surface area contributed by atoms with E-state index in [1.807, 2.05) is 20.8 Å². The van der Waals surface area contributed by atoms with Crippen LogP contribution in [0.15, 0.2) is 0 Å². The van der Waals surface area contributed by atoms with Crippen molar-refractivity contribution in [2.75, 3.05) is 13.7 Å². The lowest BCUT2D eigenvalue weighted by Gasteiger charge is -1.89. The quantitative estimate of drug-likeness (QED) is 0.568. The molecule has 0 aromatic carbocycles. The van der Waals surface area contributed by atoms with Gasteiger partial charge in [-0.1, -0.05) is 13.8 Å². The summed E-state index contributed by atoms with van der Waals surface area (Å²) in [5.41, 5.74) is 0. The fourth-order valence-electron chi connectivity index (χ4n) is 0.192. The summed E-state index contributed by atoms with van der Waals surface area (Å²) in [6.07, 6.45) is 1.64. The van der Waals surface area contributed by atoms with E-state index in [2.05, 4.69) is 4.74 Å². The molecule has 0 aliphatic heterocycles. The molecule has 0 rings (SSSR count). The molecule has 0 bridgehead atoms. The molecule has 0 amide bonds. The van der Waals surface area contributed by atoms with E-state index in [4.69, 9.17) is 0 Å². The summed E-state index contributed by atoms with van der Waals surface area (Å²) in [4.78, 5) is 9.62. The minimum Gasteiger partial charge on any atom is -0.385 e. The molecule has 0 radical (unpaired) electrons. The van der Waals surface area contributed by atoms with Crippen molar-refractivity contribution in [1.82, 2.24) is 0 Å². The van der Waals surface area contributed by atoms with Crippen LogP contribution in [0.3, 0.4) is 0 Å². The number of methoxy groups -OCH3 is 1. The van der Waals surface area contributed by atoms with Gasteiger partial charge in [0.2, 0.25) is 0 Å². The number of hydrogen-bond acceptors (Lipinski definition) is 2. The van der Waals surface area contributed by atoms with Crippen molar-refractivity contribution in [3.05, 3.63) is 0 Å². The van der Waals surface area contributed by atoms with Gasteiger partial charge in [0.1, 0.15) is 6.29 Å². The molecule has 0 fully saturated rings. The predicted octanol–water partition coefficient (Wildman–Crippen LogP) is 1.88. The van der Waals surface area contributed by atoms with E-state index in [0.29, 0.717) is 12.3 Å². The molecule has 0 aliphatic carbocycles. The summed E-state index contributed by atoms with van der Waals surface area (Å²) in [5, 5.41) is 0. The molecule has 0 aromatic rings. The molecule has 0 aromatic heterocycles. The molecule has 0 saturated carbocycles. The van der Waals surface area contributed by atoms with Gasteiger partial charge < -0.3 is 9.53 Å². The number of ether oxygens (including phenoxy) is 1. The van der Waals surface area contributed by atoms with Crippen LogP contribution in [0.2, 0.25) is 0 Å². The average Bonchev–Trinajstić information content (AvgIpc) is 1.89. The maximum atomic E-state index is 9.62. The van der Waals surface area contributed by atoms with Crippen molar-refractivity contribution >= 4 is 6.29 Å². The van der Waals surface area contributed by atoms with E-state index in [-0.39, 0.29) is 0 Å². The molecule has 0 unspecified atom stereocenters. The zero-order valence-electron chi connectivity index (χ0n) is 7.39. The Morgan fingerprint density at radius 1 is 1.50 bits per heavy atom. The highest BCUT2D eigenvalue weighted by Gasteiger charge is 1.85. The van der Waals surface area contributed by atoms with Crippen LogP contribution in [0, 0.1) is 5.92 Å². The highest BCUT2D eigenvalue weighted by atomic mass is 16.5. The standard InChI is InChI=1S/C5H10O.C3H8O/c1-5(2)3-4-6;1-3-4-2/h4-5H,3H2,1-2H3;3H2,1-2H3. The van der Waals surface area contributed by atoms with Crippen molar-refractivity contribution in [3.8, 4) is 0 Å². The summed E-state index contributed by atoms with van der Waals surface area (Å²) >= 11 is 0. The summed E-state index contributed by atoms with van der Waals surface area (Å²) in [6.45, 7) is 6.82. The van der Waals surface area contributed by atoms with Crippen LogP contribution in [0.25, 0.3) is 0 Å². The maximum Gasteiger partial charge on any atom is 0.120 e. The fraction of sp³-hybridized carbons (Fsp3) is 0.875. The number of hydrogen-bond donors (Lipinski definition) is 0. The Morgan fingerprint density at radius 3 is 1.90 bits per heavy atom. The van der Waals surface area contributed by atoms with Gasteiger partial charge in [0, 0.05) is 20.1 Å². The predicted molar refractivity (Wildman–Crippen MR) is 43.1 cm³/mol. The van der Waals surface area contributed by atoms with Crippen LogP contribution < -0.4 is 0 Å². The van der Waals surface area contributed by atoms with Crippen molar-refractivity contribution in [3.63, 3.8) is 0 Å². The van der Waals surface area contributed by atoms with Crippen LogP contribution >= 0.6 is 0 Å². The minimum atomic E-state index is 0.530. The Hall–Kier alpha value is -0.370. The molecular formula is C8H18O2. The SMILES string of the molecule is CC(C)CC=O.CCOC. The van der Waals surface area contributed by atoms with Gasteiger partial charge in [0.15, 0.2) is 0 Å². The minimum absolute atomic E-state index is 0.530. The number of rotatable bonds is 3. The largest absolute Gasteiger partial charge is 0.385 e. The maximum absolute atomic E-state index is 9.62. The van der Waals surface area contributed by atoms with Crippen LogP contribution in [0.4, 0.5) is 0 Å². The van der Waals surface area contributed by atoms with Gasteiger partial charge in [-0.2, -0.15) is 0 Å². The molecule has 2 heteroatoms. The Kier molecular flexibility index (Phi) is 14.1. The summed E-state index contributed by atoms with van der Waals surface area (Å²) in [7, 11) is 1.68. The lowest BCUT2D eigenvalue weighted by Crippen LogP contribution is -1.84. The molecule has 2 nitrogen and oxygen atoms in total. The number of carbonyl (C=O) groups excluding carboxylic acids is 1. The van der Waals surface area contributed by atoms with E-state index in [1.165, 1.54) is 0 Å². The van der Waals surface area contributed by atoms with E-state index < -0.39 is 0 Å². The Bertz CT molecular complexity index is 58.3. The number of carbonyl (C=O) groups is 1. The highest BCUT2D eigenvalue weighted by molar-refractivity contribution is 5.49. The van der Waals surface area contributed by atoms with Crippen LogP contribution in [0.5, 0.6) is 0 Å². The van der Waals surface area contributed by atoms with Crippen LogP contribution in [0.1, 0.15) is 27.2 Å². The van der Waals surface area contributed by atoms with Gasteiger partial charge >= 0.3 is 0 Å². The van der Waals surface area contributed by atoms with Crippen molar-refractivity contribution in [1.29, 1.82) is 0 Å². The first-order valence-electron chi connectivity index (χ1n) is 3.61. The van der Waals surface area contributed by atoms with Crippen LogP contribution in [-0.2, 0) is 9.53 Å². The highest BCUT2D eigenvalue weighted by Crippen LogP contribution is 1.92. The van der Waals surface area contributed by atoms with Gasteiger partial charge in [0.05, 0.1) is 0 Å². The lowest BCUT2D eigenvalue weighted by molar-refractivity contribution is -0.108. The molecule has 10 heavy (non-hydrogen) atoms. The van der Waals surface area contributed by atoms with Gasteiger partial charge in [-0.05, 0) is 12.8 Å². The monoisotopic (exact) mass is 146 g/mol. The molecule has 0 N–H and O–H groups in total. The van der Waals surface area contributed by atoms with E-state index in [1.54, 1.807) is 7.11 Å². The lowest BCUT2D eigenvalue weighted by atomic mass is 10.2. The third kappa shape index (κ3) is 25.5. The van der Waals surface area contributed by atoms with Crippen molar-refractivity contribution in [2.24, 2.45) is 5.92 Å². The van der Waals surface area contributed by atoms with Crippen molar-refractivity contribution < 1.29 is 9.53 Å². The smallest absolute Gasteiger partial charge is 0.120 e. The summed E-state index contributed by atoms with van der Waals surface area (Å²) < 4.78 is 4.54. The van der Waals surface area contributed by atoms with E-state index >= 15 is 0 Å². The second-order valence-corrected chi connectivity index (χ2v) is 2.37. The fourth-order valence-corrected chi connectivity index (χ4v) is 0.192. The third-order valence-corrected chi connectivity index (χ3v) is 0.856. The second kappa shape index (κ2) is 11.4. The molecule has 62 valence electrons. The first kappa shape index (κ1) is 12.3. The van der Waals surface area contributed by atoms with Gasteiger partial charge in [0.25, 0.3) is 0 Å². The zero-order chi connectivity index (χ0) is 8.41. The number of aldehydes is 1. The molecule has 0 aliphatic rings. The Labute approximate surface area is 63.6 Å². The summed E-state index contributed by atoms with van der Waals surface area (Å²) in [5.74, 6) is 0.530. The first-order chi connectivity index (χ1) is 4.68. The van der Waals surface area contributed by atoms with Gasteiger partial charge in [-0.15, -0.1) is 0 Å². The van der Waals surface area contributed by atoms with Gasteiger partial charge in [-0.25, -0.2) is 0 Å². The molecule has 0 spiro atoms. The molecule has 0 saturated heterocycles. The Morgan fingerprint density at radius 2 is 1.90 bits per heavy atom. The van der Waals surface area contributed by atoms with Crippen molar-refractivity contribution in [2.45, 2.75) is 27.2 Å². The first-order valence-corrected chi connectivity index (χ1v) is 3.61. The van der Waals surface area contributed by atoms with E-state index in [9.17, 15) is 4.79 Å². The molecule has 0 heterocycles. The van der Waals surface area contributed by atoms with Gasteiger partial charge in [-0.3, -0.25) is 0 Å². The van der Waals surface area contributed by atoms with Crippen LogP contribution in [-0.4, -0.2) is 20.0 Å². The molecular weight excluding hydrogens is 128 g/mol.